The lowest BCUT2D eigenvalue weighted by molar-refractivity contribution is 0.972. The first-order chi connectivity index (χ1) is 6.45. The summed E-state index contributed by atoms with van der Waals surface area (Å²) in [7, 11) is 0. The lowest BCUT2D eigenvalue weighted by Gasteiger charge is -2.15. The topological polar surface area (TPSA) is 53.6 Å². The first kappa shape index (κ1) is 6.65. The average molecular weight is 172 g/mol. The molecule has 0 radical (unpaired) electrons. The van der Waals surface area contributed by atoms with Crippen LogP contribution in [0.1, 0.15) is 5.69 Å². The van der Waals surface area contributed by atoms with E-state index in [0.29, 0.717) is 0 Å². The minimum absolute atomic E-state index is 0.800. The van der Waals surface area contributed by atoms with Crippen molar-refractivity contribution in [1.82, 2.24) is 15.2 Å². The van der Waals surface area contributed by atoms with E-state index >= 15 is 0 Å². The number of hydrogen-bond acceptors (Lipinski definition) is 3. The van der Waals surface area contributed by atoms with Gasteiger partial charge in [-0.15, -0.1) is 5.10 Å². The number of anilines is 1. The molecule has 3 rings (SSSR count). The number of H-pyrrole nitrogens is 1. The minimum atomic E-state index is 0.800. The Kier molecular flexibility index (Phi) is 1.19. The number of nitrogens with zero attached hydrogens (tertiary/aromatic N) is 2. The van der Waals surface area contributed by atoms with Gasteiger partial charge in [-0.2, -0.15) is 5.10 Å². The van der Waals surface area contributed by atoms with Gasteiger partial charge in [0, 0.05) is 23.0 Å². The predicted molar refractivity (Wildman–Crippen MR) is 49.1 cm³/mol. The quantitative estimate of drug-likeness (QED) is 0.631. The zero-order valence-electron chi connectivity index (χ0n) is 6.91. The van der Waals surface area contributed by atoms with Crippen LogP contribution in [-0.4, -0.2) is 15.2 Å². The third-order valence-corrected chi connectivity index (χ3v) is 2.28. The molecule has 13 heavy (non-hydrogen) atoms. The highest BCUT2D eigenvalue weighted by Gasteiger charge is 2.16. The molecule has 2 N–H and O–H groups in total. The highest BCUT2D eigenvalue weighted by molar-refractivity contribution is 5.79. The summed E-state index contributed by atoms with van der Waals surface area (Å²) in [5, 5.41) is 11.1. The first-order valence-corrected chi connectivity index (χ1v) is 4.17. The summed E-state index contributed by atoms with van der Waals surface area (Å²) in [6, 6.07) is 4.04. The van der Waals surface area contributed by atoms with Crippen molar-refractivity contribution in [3.63, 3.8) is 0 Å². The molecule has 0 aromatic carbocycles. The second-order valence-electron chi connectivity index (χ2n) is 3.02. The van der Waals surface area contributed by atoms with Crippen LogP contribution in [0.5, 0.6) is 0 Å². The summed E-state index contributed by atoms with van der Waals surface area (Å²) in [5.41, 5.74) is 3.56. The second kappa shape index (κ2) is 2.32. The Balaban J connectivity index is 2.30. The van der Waals surface area contributed by atoms with Crippen LogP contribution >= 0.6 is 0 Å². The fourth-order valence-electron chi connectivity index (χ4n) is 1.65. The third-order valence-electron chi connectivity index (χ3n) is 2.28. The van der Waals surface area contributed by atoms with E-state index in [-0.39, 0.29) is 0 Å². The van der Waals surface area contributed by atoms with Crippen molar-refractivity contribution in [2.45, 2.75) is 6.54 Å². The minimum Gasteiger partial charge on any atom is -0.363 e. The molecule has 0 saturated heterocycles. The van der Waals surface area contributed by atoms with Gasteiger partial charge in [-0.25, -0.2) is 0 Å². The molecule has 0 amide bonds. The monoisotopic (exact) mass is 172 g/mol. The van der Waals surface area contributed by atoms with Gasteiger partial charge in [0.2, 0.25) is 0 Å². The van der Waals surface area contributed by atoms with E-state index < -0.39 is 0 Å². The maximum absolute atomic E-state index is 4.02. The summed E-state index contributed by atoms with van der Waals surface area (Å²) < 4.78 is 0. The molecule has 0 fully saturated rings. The van der Waals surface area contributed by atoms with E-state index in [4.69, 9.17) is 0 Å². The molecule has 2 aromatic heterocycles. The molecule has 0 saturated carbocycles. The van der Waals surface area contributed by atoms with Crippen LogP contribution in [0.25, 0.3) is 11.1 Å². The Bertz CT molecular complexity index is 446. The molecular weight excluding hydrogens is 164 g/mol. The largest absolute Gasteiger partial charge is 0.363 e. The number of aromatic nitrogens is 3. The van der Waals surface area contributed by atoms with Crippen LogP contribution in [0.15, 0.2) is 24.5 Å². The van der Waals surface area contributed by atoms with Crippen molar-refractivity contribution in [2.24, 2.45) is 0 Å². The molecule has 0 bridgehead atoms. The van der Waals surface area contributed by atoms with Crippen LogP contribution < -0.4 is 5.32 Å². The molecule has 4 heteroatoms. The standard InChI is InChI=1S/C9H8N4/c1-3-10-8-5-11-9-7(6(1)8)2-4-12-13-9/h1-4,10H,5H2,(H,11,13). The first-order valence-electron chi connectivity index (χ1n) is 4.17. The Morgan fingerprint density at radius 1 is 1.23 bits per heavy atom. The van der Waals surface area contributed by atoms with Crippen molar-refractivity contribution in [2.75, 3.05) is 5.32 Å². The highest BCUT2D eigenvalue weighted by Crippen LogP contribution is 2.32. The van der Waals surface area contributed by atoms with Gasteiger partial charge in [-0.1, -0.05) is 0 Å². The zero-order chi connectivity index (χ0) is 8.67. The summed E-state index contributed by atoms with van der Waals surface area (Å²) in [6.45, 7) is 0.800. The van der Waals surface area contributed by atoms with Crippen LogP contribution in [0, 0.1) is 0 Å². The van der Waals surface area contributed by atoms with E-state index in [1.54, 1.807) is 6.20 Å². The molecule has 4 nitrogen and oxygen atoms in total. The molecule has 64 valence electrons. The smallest absolute Gasteiger partial charge is 0.156 e. The molecule has 1 aliphatic heterocycles. The fraction of sp³-hybridized carbons (Fsp3) is 0.111. The molecular formula is C9H8N4. The molecule has 0 aliphatic carbocycles. The molecule has 2 aromatic rings. The Morgan fingerprint density at radius 3 is 3.23 bits per heavy atom. The van der Waals surface area contributed by atoms with Crippen molar-refractivity contribution in [3.05, 3.63) is 30.2 Å². The van der Waals surface area contributed by atoms with E-state index in [9.17, 15) is 0 Å². The van der Waals surface area contributed by atoms with Gasteiger partial charge in [0.25, 0.3) is 0 Å². The lowest BCUT2D eigenvalue weighted by Crippen LogP contribution is -2.09. The van der Waals surface area contributed by atoms with Gasteiger partial charge in [-0.05, 0) is 12.1 Å². The van der Waals surface area contributed by atoms with Gasteiger partial charge in [0.15, 0.2) is 5.82 Å². The molecule has 0 spiro atoms. The number of aromatic amines is 1. The number of nitrogens with one attached hydrogen (secondary N) is 2. The summed E-state index contributed by atoms with van der Waals surface area (Å²) in [4.78, 5) is 3.19. The Hall–Kier alpha value is -1.84. The van der Waals surface area contributed by atoms with Crippen LogP contribution in [0.2, 0.25) is 0 Å². The number of hydrogen-bond donors (Lipinski definition) is 2. The maximum atomic E-state index is 4.02. The number of rotatable bonds is 0. The van der Waals surface area contributed by atoms with Gasteiger partial charge >= 0.3 is 0 Å². The fourth-order valence-corrected chi connectivity index (χ4v) is 1.65. The number of fused-ring (bicyclic) bond motifs is 3. The van der Waals surface area contributed by atoms with Crippen molar-refractivity contribution >= 4 is 5.82 Å². The SMILES string of the molecule is c1cc2c(nn1)NCc1[nH]ccc1-2. The van der Waals surface area contributed by atoms with Crippen LogP contribution in [0.4, 0.5) is 5.82 Å². The summed E-state index contributed by atoms with van der Waals surface area (Å²) in [6.07, 6.45) is 3.66. The molecule has 1 aliphatic rings. The van der Waals surface area contributed by atoms with Gasteiger partial charge < -0.3 is 10.3 Å². The third kappa shape index (κ3) is 0.853. The summed E-state index contributed by atoms with van der Waals surface area (Å²) >= 11 is 0. The average Bonchev–Trinajstić information content (AvgIpc) is 2.65. The van der Waals surface area contributed by atoms with Gasteiger partial charge in [0.05, 0.1) is 12.7 Å². The predicted octanol–water partition coefficient (Wildman–Crippen LogP) is 1.40. The van der Waals surface area contributed by atoms with E-state index in [0.717, 1.165) is 17.9 Å². The normalized spacial score (nSPS) is 12.9. The molecule has 0 atom stereocenters. The highest BCUT2D eigenvalue weighted by atomic mass is 15.2. The molecule has 0 unspecified atom stereocenters. The van der Waals surface area contributed by atoms with Crippen LogP contribution in [0.3, 0.4) is 0 Å². The van der Waals surface area contributed by atoms with E-state index in [2.05, 4.69) is 26.6 Å². The van der Waals surface area contributed by atoms with Crippen molar-refractivity contribution < 1.29 is 0 Å². The van der Waals surface area contributed by atoms with Crippen molar-refractivity contribution in [1.29, 1.82) is 0 Å². The van der Waals surface area contributed by atoms with Gasteiger partial charge in [0.1, 0.15) is 0 Å². The van der Waals surface area contributed by atoms with Crippen LogP contribution in [-0.2, 0) is 6.54 Å². The van der Waals surface area contributed by atoms with Gasteiger partial charge in [-0.3, -0.25) is 0 Å². The van der Waals surface area contributed by atoms with Crippen molar-refractivity contribution in [3.8, 4) is 11.1 Å². The second-order valence-corrected chi connectivity index (χ2v) is 3.02. The lowest BCUT2D eigenvalue weighted by atomic mass is 10.1. The van der Waals surface area contributed by atoms with E-state index in [1.165, 1.54) is 11.3 Å². The van der Waals surface area contributed by atoms with E-state index in [1.807, 2.05) is 12.3 Å². The Morgan fingerprint density at radius 2 is 2.23 bits per heavy atom. The maximum Gasteiger partial charge on any atom is 0.156 e. The zero-order valence-corrected chi connectivity index (χ0v) is 6.91. The molecule has 3 heterocycles. The Labute approximate surface area is 75.0 Å². The summed E-state index contributed by atoms with van der Waals surface area (Å²) in [5.74, 6) is 0.870.